The van der Waals surface area contributed by atoms with Crippen molar-refractivity contribution < 1.29 is 0 Å². The van der Waals surface area contributed by atoms with Crippen LogP contribution in [0, 0.1) is 0 Å². The lowest BCUT2D eigenvalue weighted by Crippen LogP contribution is -2.56. The molecule has 0 aliphatic carbocycles. The number of H-pyrrole nitrogens is 1. The van der Waals surface area contributed by atoms with Gasteiger partial charge in [-0.3, -0.25) is 5.10 Å². The van der Waals surface area contributed by atoms with Gasteiger partial charge in [-0.05, 0) is 40.0 Å². The normalized spacial score (nSPS) is 22.2. The number of hydrogen-bond donors (Lipinski definition) is 1. The number of piperazine rings is 2. The number of benzene rings is 1. The molecule has 2 aliphatic rings. The molecule has 4 heterocycles. The van der Waals surface area contributed by atoms with Gasteiger partial charge < -0.3 is 19.6 Å². The van der Waals surface area contributed by atoms with E-state index in [4.69, 9.17) is 4.98 Å². The quantitative estimate of drug-likeness (QED) is 0.660. The summed E-state index contributed by atoms with van der Waals surface area (Å²) in [7, 11) is 2.18. The number of nitrogens with zero attached hydrogens (tertiary/aromatic N) is 7. The summed E-state index contributed by atoms with van der Waals surface area (Å²) in [6.07, 6.45) is 1.86. The Bertz CT molecular complexity index is 1120. The van der Waals surface area contributed by atoms with Crippen molar-refractivity contribution in [2.45, 2.75) is 32.9 Å². The summed E-state index contributed by atoms with van der Waals surface area (Å²) in [4.78, 5) is 19.2. The molecule has 3 aromatic rings. The molecule has 2 aliphatic heterocycles. The zero-order chi connectivity index (χ0) is 23.1. The van der Waals surface area contributed by atoms with Gasteiger partial charge in [0.2, 0.25) is 5.95 Å². The highest BCUT2D eigenvalue weighted by atomic mass is 15.4. The highest BCUT2D eigenvalue weighted by Gasteiger charge is 2.31. The Morgan fingerprint density at radius 1 is 1.03 bits per heavy atom. The molecule has 2 atom stereocenters. The minimum absolute atomic E-state index is 0.293. The molecule has 2 saturated heterocycles. The number of allylic oxidation sites excluding steroid dienone is 1. The lowest BCUT2D eigenvalue weighted by molar-refractivity contribution is 0.247. The SMILES string of the molecule is C=C(C)N1CC(C)N(c2ncc3[nH]nc(-c4ccc(N5CCN(C)CC5)cc4)c3n2)C(C)C1. The number of hydrogen-bond acceptors (Lipinski definition) is 7. The Morgan fingerprint density at radius 3 is 2.33 bits per heavy atom. The largest absolute Gasteiger partial charge is 0.371 e. The summed E-state index contributed by atoms with van der Waals surface area (Å²) < 4.78 is 0. The van der Waals surface area contributed by atoms with Gasteiger partial charge >= 0.3 is 0 Å². The van der Waals surface area contributed by atoms with E-state index in [1.807, 2.05) is 6.20 Å². The summed E-state index contributed by atoms with van der Waals surface area (Å²) >= 11 is 0. The van der Waals surface area contributed by atoms with Gasteiger partial charge in [-0.25, -0.2) is 9.97 Å². The minimum Gasteiger partial charge on any atom is -0.371 e. The van der Waals surface area contributed by atoms with Crippen LogP contribution in [0.4, 0.5) is 11.6 Å². The molecule has 8 heteroatoms. The van der Waals surface area contributed by atoms with E-state index in [1.54, 1.807) is 0 Å². The van der Waals surface area contributed by atoms with E-state index in [2.05, 4.69) is 93.4 Å². The predicted molar refractivity (Wildman–Crippen MR) is 135 cm³/mol. The molecule has 0 saturated carbocycles. The molecular formula is C25H34N8. The van der Waals surface area contributed by atoms with Gasteiger partial charge in [0.15, 0.2) is 0 Å². The molecule has 0 amide bonds. The highest BCUT2D eigenvalue weighted by molar-refractivity contribution is 5.90. The highest BCUT2D eigenvalue weighted by Crippen LogP contribution is 2.30. The van der Waals surface area contributed by atoms with Gasteiger partial charge in [-0.15, -0.1) is 0 Å². The summed E-state index contributed by atoms with van der Waals surface area (Å²) in [5.74, 6) is 0.764. The molecule has 0 bridgehead atoms. The van der Waals surface area contributed by atoms with Crippen molar-refractivity contribution in [3.05, 3.63) is 42.7 Å². The molecule has 2 fully saturated rings. The average molecular weight is 447 g/mol. The lowest BCUT2D eigenvalue weighted by Gasteiger charge is -2.45. The van der Waals surface area contributed by atoms with Crippen molar-refractivity contribution in [1.29, 1.82) is 0 Å². The second-order valence-electron chi connectivity index (χ2n) is 9.59. The molecule has 5 rings (SSSR count). The molecule has 33 heavy (non-hydrogen) atoms. The fraction of sp³-hybridized carbons (Fsp3) is 0.480. The van der Waals surface area contributed by atoms with Crippen molar-refractivity contribution in [2.24, 2.45) is 0 Å². The number of aromatic amines is 1. The topological polar surface area (TPSA) is 67.4 Å². The maximum Gasteiger partial charge on any atom is 0.226 e. The molecule has 1 N–H and O–H groups in total. The molecule has 0 radical (unpaired) electrons. The van der Waals surface area contributed by atoms with Gasteiger partial charge in [-0.1, -0.05) is 18.7 Å². The van der Waals surface area contributed by atoms with Crippen LogP contribution in [-0.2, 0) is 0 Å². The zero-order valence-electron chi connectivity index (χ0n) is 20.1. The lowest BCUT2D eigenvalue weighted by atomic mass is 10.1. The molecule has 2 unspecified atom stereocenters. The van der Waals surface area contributed by atoms with Crippen molar-refractivity contribution in [2.75, 3.05) is 56.1 Å². The first-order chi connectivity index (χ1) is 15.9. The first-order valence-electron chi connectivity index (χ1n) is 11.8. The fourth-order valence-electron chi connectivity index (χ4n) is 5.05. The van der Waals surface area contributed by atoms with Gasteiger partial charge in [0.05, 0.1) is 6.20 Å². The maximum atomic E-state index is 4.99. The van der Waals surface area contributed by atoms with Crippen LogP contribution in [-0.4, -0.2) is 88.4 Å². The summed E-state index contributed by atoms with van der Waals surface area (Å²) in [5.41, 5.74) is 6.05. The van der Waals surface area contributed by atoms with Crippen LogP contribution in [0.3, 0.4) is 0 Å². The smallest absolute Gasteiger partial charge is 0.226 e. The predicted octanol–water partition coefficient (Wildman–Crippen LogP) is 3.20. The van der Waals surface area contributed by atoms with Crippen molar-refractivity contribution >= 4 is 22.7 Å². The Kier molecular flexibility index (Phi) is 5.70. The third-order valence-corrected chi connectivity index (χ3v) is 6.99. The van der Waals surface area contributed by atoms with E-state index in [1.165, 1.54) is 5.69 Å². The van der Waals surface area contributed by atoms with E-state index in [-0.39, 0.29) is 0 Å². The van der Waals surface area contributed by atoms with Crippen LogP contribution < -0.4 is 9.80 Å². The van der Waals surface area contributed by atoms with E-state index < -0.39 is 0 Å². The molecule has 1 aromatic carbocycles. The molecule has 2 aromatic heterocycles. The van der Waals surface area contributed by atoms with Crippen molar-refractivity contribution in [3.63, 3.8) is 0 Å². The van der Waals surface area contributed by atoms with Crippen LogP contribution in [0.5, 0.6) is 0 Å². The number of rotatable bonds is 4. The summed E-state index contributed by atoms with van der Waals surface area (Å²) in [6.45, 7) is 16.8. The van der Waals surface area contributed by atoms with Gasteiger partial charge in [0.1, 0.15) is 16.7 Å². The summed E-state index contributed by atoms with van der Waals surface area (Å²) in [6, 6.07) is 9.29. The number of nitrogens with one attached hydrogen (secondary N) is 1. The van der Waals surface area contributed by atoms with Gasteiger partial charge in [-0.2, -0.15) is 5.10 Å². The Hall–Kier alpha value is -3.13. The second-order valence-corrected chi connectivity index (χ2v) is 9.59. The first-order valence-corrected chi connectivity index (χ1v) is 11.8. The van der Waals surface area contributed by atoms with Crippen LogP contribution >= 0.6 is 0 Å². The number of likely N-dealkylation sites (N-methyl/N-ethyl adjacent to an activating group) is 1. The van der Waals surface area contributed by atoms with Crippen LogP contribution in [0.25, 0.3) is 22.3 Å². The Labute approximate surface area is 195 Å². The van der Waals surface area contributed by atoms with Gasteiger partial charge in [0, 0.05) is 68.3 Å². The number of aromatic nitrogens is 4. The third-order valence-electron chi connectivity index (χ3n) is 6.99. The van der Waals surface area contributed by atoms with E-state index in [9.17, 15) is 0 Å². The standard InChI is InChI=1S/C25H34N8/c1-17(2)32-15-18(3)33(19(4)16-32)25-26-14-22-24(27-25)23(29-28-22)20-6-8-21(9-7-20)31-12-10-30(5)11-13-31/h6-9,14,18-19H,1,10-13,15-16H2,2-5H3,(H,28,29). The molecule has 8 nitrogen and oxygen atoms in total. The molecule has 174 valence electrons. The molecule has 0 spiro atoms. The third kappa shape index (κ3) is 4.15. The fourth-order valence-corrected chi connectivity index (χ4v) is 5.05. The van der Waals surface area contributed by atoms with Crippen LogP contribution in [0.2, 0.25) is 0 Å². The van der Waals surface area contributed by atoms with Crippen LogP contribution in [0.1, 0.15) is 20.8 Å². The van der Waals surface area contributed by atoms with Crippen molar-refractivity contribution in [3.8, 4) is 11.3 Å². The average Bonchev–Trinajstić information content (AvgIpc) is 3.22. The van der Waals surface area contributed by atoms with E-state index >= 15 is 0 Å². The zero-order valence-corrected chi connectivity index (χ0v) is 20.1. The molecular weight excluding hydrogens is 412 g/mol. The summed E-state index contributed by atoms with van der Waals surface area (Å²) in [5, 5.41) is 7.71. The maximum absolute atomic E-state index is 4.99. The Balaban J connectivity index is 1.41. The minimum atomic E-state index is 0.293. The first kappa shape index (κ1) is 21.7. The Morgan fingerprint density at radius 2 is 1.70 bits per heavy atom. The monoisotopic (exact) mass is 446 g/mol. The second kappa shape index (κ2) is 8.67. The van der Waals surface area contributed by atoms with Crippen LogP contribution in [0.15, 0.2) is 42.7 Å². The number of fused-ring (bicyclic) bond motifs is 1. The van der Waals surface area contributed by atoms with Crippen molar-refractivity contribution in [1.82, 2.24) is 30.0 Å². The van der Waals surface area contributed by atoms with E-state index in [0.717, 1.165) is 73.2 Å². The van der Waals surface area contributed by atoms with Gasteiger partial charge in [0.25, 0.3) is 0 Å². The number of anilines is 2. The van der Waals surface area contributed by atoms with E-state index in [0.29, 0.717) is 12.1 Å².